The van der Waals surface area contributed by atoms with E-state index in [1.54, 1.807) is 0 Å². The summed E-state index contributed by atoms with van der Waals surface area (Å²) < 4.78 is 17.6. The molecule has 0 aliphatic heterocycles. The SMILES string of the molecule is Nc1nc2c(ncn2CO[C@H](CO)CCP(=O)(O)O)c(=O)[nH]1. The van der Waals surface area contributed by atoms with Crippen molar-refractivity contribution < 1.29 is 24.2 Å². The fraction of sp³-hybridized carbons (Fsp3) is 0.500. The Labute approximate surface area is 123 Å². The van der Waals surface area contributed by atoms with Crippen molar-refractivity contribution in [2.75, 3.05) is 18.5 Å². The summed E-state index contributed by atoms with van der Waals surface area (Å²) in [5.74, 6) is -0.0699. The highest BCUT2D eigenvalue weighted by molar-refractivity contribution is 7.51. The minimum atomic E-state index is -4.15. The molecule has 12 heteroatoms. The van der Waals surface area contributed by atoms with Crippen molar-refractivity contribution in [3.05, 3.63) is 16.7 Å². The lowest BCUT2D eigenvalue weighted by Crippen LogP contribution is -2.21. The van der Waals surface area contributed by atoms with Crippen molar-refractivity contribution in [1.82, 2.24) is 19.5 Å². The van der Waals surface area contributed by atoms with E-state index in [1.807, 2.05) is 0 Å². The topological polar surface area (TPSA) is 177 Å². The first-order valence-corrected chi connectivity index (χ1v) is 8.07. The Morgan fingerprint density at radius 3 is 2.86 bits per heavy atom. The lowest BCUT2D eigenvalue weighted by molar-refractivity contribution is -0.0239. The van der Waals surface area contributed by atoms with Gasteiger partial charge in [-0.15, -0.1) is 0 Å². The monoisotopic (exact) mass is 333 g/mol. The number of aliphatic hydroxyl groups is 1. The Kier molecular flexibility index (Phi) is 4.94. The summed E-state index contributed by atoms with van der Waals surface area (Å²) in [4.78, 5) is 39.4. The number of H-pyrrole nitrogens is 1. The van der Waals surface area contributed by atoms with E-state index in [-0.39, 0.29) is 30.3 Å². The smallest absolute Gasteiger partial charge is 0.325 e. The second kappa shape index (κ2) is 6.55. The largest absolute Gasteiger partial charge is 0.394 e. The molecule has 0 fully saturated rings. The molecule has 0 saturated heterocycles. The maximum atomic E-state index is 11.6. The highest BCUT2D eigenvalue weighted by Crippen LogP contribution is 2.35. The molecule has 0 spiro atoms. The third-order valence-corrected chi connectivity index (χ3v) is 3.73. The normalized spacial score (nSPS) is 13.6. The standard InChI is InChI=1S/C10H16N5O6P/c11-10-13-8-7(9(17)14-10)12-4-15(8)5-21-6(3-16)1-2-22(18,19)20/h4,6,16H,1-3,5H2,(H2,18,19,20)(H3,11,13,14,17)/t6-/m0/s1. The Morgan fingerprint density at radius 2 is 2.23 bits per heavy atom. The first-order valence-electron chi connectivity index (χ1n) is 6.28. The van der Waals surface area contributed by atoms with Crippen LogP contribution in [0.25, 0.3) is 11.2 Å². The van der Waals surface area contributed by atoms with E-state index >= 15 is 0 Å². The highest BCUT2D eigenvalue weighted by atomic mass is 31.2. The summed E-state index contributed by atoms with van der Waals surface area (Å²) in [5.41, 5.74) is 5.28. The fourth-order valence-electron chi connectivity index (χ4n) is 1.79. The van der Waals surface area contributed by atoms with Crippen molar-refractivity contribution >= 4 is 24.7 Å². The van der Waals surface area contributed by atoms with Crippen molar-refractivity contribution in [3.63, 3.8) is 0 Å². The quantitative estimate of drug-likeness (QED) is 0.381. The molecule has 2 rings (SSSR count). The number of nitrogen functional groups attached to an aromatic ring is 1. The molecular formula is C10H16N5O6P. The van der Waals surface area contributed by atoms with E-state index in [2.05, 4.69) is 15.0 Å². The lowest BCUT2D eigenvalue weighted by atomic mass is 10.3. The van der Waals surface area contributed by atoms with Crippen LogP contribution in [-0.4, -0.2) is 53.3 Å². The number of nitrogens with zero attached hydrogens (tertiary/aromatic N) is 3. The summed E-state index contributed by atoms with van der Waals surface area (Å²) in [7, 11) is -4.15. The molecule has 0 radical (unpaired) electrons. The molecule has 0 bridgehead atoms. The molecule has 122 valence electrons. The second-order valence-electron chi connectivity index (χ2n) is 4.62. The summed E-state index contributed by atoms with van der Waals surface area (Å²) in [5, 5.41) is 9.16. The number of hydrogen-bond donors (Lipinski definition) is 5. The van der Waals surface area contributed by atoms with Gasteiger partial charge in [0.05, 0.1) is 25.2 Å². The average Bonchev–Trinajstić information content (AvgIpc) is 2.81. The van der Waals surface area contributed by atoms with Gasteiger partial charge in [-0.1, -0.05) is 0 Å². The van der Waals surface area contributed by atoms with Gasteiger partial charge in [-0.25, -0.2) is 4.98 Å². The fourth-order valence-corrected chi connectivity index (χ4v) is 2.41. The molecule has 0 amide bonds. The van der Waals surface area contributed by atoms with E-state index in [1.165, 1.54) is 10.9 Å². The van der Waals surface area contributed by atoms with Crippen LogP contribution in [0.5, 0.6) is 0 Å². The van der Waals surface area contributed by atoms with E-state index in [0.717, 1.165) is 0 Å². The van der Waals surface area contributed by atoms with E-state index in [9.17, 15) is 9.36 Å². The average molecular weight is 333 g/mol. The second-order valence-corrected chi connectivity index (χ2v) is 6.39. The van der Waals surface area contributed by atoms with Gasteiger partial charge < -0.3 is 25.4 Å². The molecule has 11 nitrogen and oxygen atoms in total. The molecule has 0 aliphatic carbocycles. The molecule has 0 saturated carbocycles. The van der Waals surface area contributed by atoms with Gasteiger partial charge in [0.15, 0.2) is 11.2 Å². The van der Waals surface area contributed by atoms with E-state index in [4.69, 9.17) is 25.4 Å². The first kappa shape index (κ1) is 16.6. The van der Waals surface area contributed by atoms with E-state index < -0.39 is 32.0 Å². The summed E-state index contributed by atoms with van der Waals surface area (Å²) >= 11 is 0. The number of aliphatic hydroxyl groups excluding tert-OH is 1. The molecule has 2 heterocycles. The van der Waals surface area contributed by atoms with Gasteiger partial charge in [0, 0.05) is 0 Å². The van der Waals surface area contributed by atoms with Crippen LogP contribution in [0.2, 0.25) is 0 Å². The predicted molar refractivity (Wildman–Crippen MR) is 76.0 cm³/mol. The number of nitrogens with two attached hydrogens (primary N) is 1. The third-order valence-electron chi connectivity index (χ3n) is 2.89. The van der Waals surface area contributed by atoms with Crippen LogP contribution < -0.4 is 11.3 Å². The number of nitrogens with one attached hydrogen (secondary N) is 1. The molecule has 0 unspecified atom stereocenters. The van der Waals surface area contributed by atoms with Crippen molar-refractivity contribution in [3.8, 4) is 0 Å². The number of hydrogen-bond acceptors (Lipinski definition) is 7. The van der Waals surface area contributed by atoms with E-state index in [0.29, 0.717) is 0 Å². The number of rotatable bonds is 7. The van der Waals surface area contributed by atoms with Gasteiger partial charge in [0.1, 0.15) is 6.73 Å². The molecule has 0 aliphatic rings. The number of anilines is 1. The van der Waals surface area contributed by atoms with Crippen molar-refractivity contribution in [2.45, 2.75) is 19.3 Å². The number of aromatic amines is 1. The molecular weight excluding hydrogens is 317 g/mol. The number of ether oxygens (including phenoxy) is 1. The zero-order valence-corrected chi connectivity index (χ0v) is 12.3. The van der Waals surface area contributed by atoms with Crippen LogP contribution in [0.1, 0.15) is 6.42 Å². The number of aromatic nitrogens is 4. The first-order chi connectivity index (χ1) is 10.3. The number of imidazole rings is 1. The molecule has 6 N–H and O–H groups in total. The summed E-state index contributed by atoms with van der Waals surface area (Å²) in [6.07, 6.45) is 0.158. The van der Waals surface area contributed by atoms with Crippen molar-refractivity contribution in [1.29, 1.82) is 0 Å². The maximum Gasteiger partial charge on any atom is 0.325 e. The summed E-state index contributed by atoms with van der Waals surface area (Å²) in [6.45, 7) is -0.498. The molecule has 22 heavy (non-hydrogen) atoms. The maximum absolute atomic E-state index is 11.6. The third kappa shape index (κ3) is 4.12. The van der Waals surface area contributed by atoms with Crippen LogP contribution in [-0.2, 0) is 16.0 Å². The van der Waals surface area contributed by atoms with Gasteiger partial charge in [-0.2, -0.15) is 4.98 Å². The Balaban J connectivity index is 2.07. The Hall–Kier alpha value is -1.78. The van der Waals surface area contributed by atoms with Crippen LogP contribution >= 0.6 is 7.60 Å². The lowest BCUT2D eigenvalue weighted by Gasteiger charge is -2.16. The van der Waals surface area contributed by atoms with Crippen LogP contribution in [0.15, 0.2) is 11.1 Å². The minimum Gasteiger partial charge on any atom is -0.394 e. The zero-order chi connectivity index (χ0) is 16.3. The van der Waals surface area contributed by atoms with Gasteiger partial charge in [0.25, 0.3) is 5.56 Å². The van der Waals surface area contributed by atoms with Crippen molar-refractivity contribution in [2.24, 2.45) is 0 Å². The zero-order valence-electron chi connectivity index (χ0n) is 11.4. The molecule has 1 atom stereocenters. The van der Waals surface area contributed by atoms with Crippen LogP contribution in [0.3, 0.4) is 0 Å². The number of fused-ring (bicyclic) bond motifs is 1. The van der Waals surface area contributed by atoms with Crippen LogP contribution in [0, 0.1) is 0 Å². The van der Waals surface area contributed by atoms with Gasteiger partial charge >= 0.3 is 7.60 Å². The molecule has 2 aromatic rings. The predicted octanol–water partition coefficient (Wildman–Crippen LogP) is -1.40. The van der Waals surface area contributed by atoms with Crippen LogP contribution in [0.4, 0.5) is 5.95 Å². The van der Waals surface area contributed by atoms with Gasteiger partial charge in [-0.3, -0.25) is 18.9 Å². The minimum absolute atomic E-state index is 0.0104. The van der Waals surface area contributed by atoms with Gasteiger partial charge in [-0.05, 0) is 6.42 Å². The summed E-state index contributed by atoms with van der Waals surface area (Å²) in [6, 6.07) is 0. The Bertz CT molecular complexity index is 752. The molecule has 2 aromatic heterocycles. The molecule has 0 aromatic carbocycles. The Morgan fingerprint density at radius 1 is 1.50 bits per heavy atom. The van der Waals surface area contributed by atoms with Gasteiger partial charge in [0.2, 0.25) is 5.95 Å². The highest BCUT2D eigenvalue weighted by Gasteiger charge is 2.18.